The molecule has 0 unspecified atom stereocenters. The van der Waals surface area contributed by atoms with Crippen molar-refractivity contribution in [2.24, 2.45) is 0 Å². The number of halogens is 1. The van der Waals surface area contributed by atoms with E-state index in [9.17, 15) is 18.0 Å². The van der Waals surface area contributed by atoms with Gasteiger partial charge < -0.3 is 15.0 Å². The van der Waals surface area contributed by atoms with Crippen molar-refractivity contribution in [1.29, 1.82) is 0 Å². The molecule has 2 amide bonds. The number of hydrogen-bond donors (Lipinski definition) is 1. The fourth-order valence-electron chi connectivity index (χ4n) is 5.42. The minimum atomic E-state index is -4.24. The van der Waals surface area contributed by atoms with Gasteiger partial charge in [-0.15, -0.1) is 0 Å². The SMILES string of the molecule is CCCCNC(=O)[C@@H](Cc1ccccc1)N(Cc1ccccc1Cl)C(=O)CN(c1ccc(Oc2ccccc2)cc1)S(=O)(=O)c1ccccc1. The van der Waals surface area contributed by atoms with Crippen molar-refractivity contribution in [1.82, 2.24) is 10.2 Å². The van der Waals surface area contributed by atoms with Crippen LogP contribution in [0, 0.1) is 0 Å². The Morgan fingerprint density at radius 1 is 0.760 bits per heavy atom. The molecule has 0 aliphatic heterocycles. The largest absolute Gasteiger partial charge is 0.457 e. The second-order valence-electron chi connectivity index (χ2n) is 11.7. The van der Waals surface area contributed by atoms with Crippen LogP contribution >= 0.6 is 11.6 Å². The number of carbonyl (C=O) groups excluding carboxylic acids is 2. The summed E-state index contributed by atoms with van der Waals surface area (Å²) in [6, 6.07) is 39.3. The number of nitrogens with one attached hydrogen (secondary N) is 1. The van der Waals surface area contributed by atoms with Crippen molar-refractivity contribution in [2.75, 3.05) is 17.4 Å². The number of unbranched alkanes of at least 4 members (excludes halogenated alkanes) is 1. The lowest BCUT2D eigenvalue weighted by Crippen LogP contribution is -2.53. The van der Waals surface area contributed by atoms with Gasteiger partial charge in [-0.05, 0) is 72.1 Å². The van der Waals surface area contributed by atoms with Crippen molar-refractivity contribution in [3.05, 3.63) is 156 Å². The third-order valence-electron chi connectivity index (χ3n) is 8.11. The van der Waals surface area contributed by atoms with Crippen LogP contribution in [0.15, 0.2) is 144 Å². The maximum absolute atomic E-state index is 14.7. The van der Waals surface area contributed by atoms with Gasteiger partial charge in [0.1, 0.15) is 24.1 Å². The van der Waals surface area contributed by atoms with Gasteiger partial charge in [-0.2, -0.15) is 0 Å². The van der Waals surface area contributed by atoms with Gasteiger partial charge in [0, 0.05) is 24.5 Å². The van der Waals surface area contributed by atoms with Crippen LogP contribution in [0.4, 0.5) is 5.69 Å². The zero-order chi connectivity index (χ0) is 35.3. The van der Waals surface area contributed by atoms with Crippen LogP contribution in [0.25, 0.3) is 0 Å². The molecular weight excluding hydrogens is 670 g/mol. The number of para-hydroxylation sites is 1. The van der Waals surface area contributed by atoms with Crippen LogP contribution in [0.2, 0.25) is 5.02 Å². The Morgan fingerprint density at radius 3 is 1.98 bits per heavy atom. The molecule has 5 rings (SSSR count). The first-order chi connectivity index (χ1) is 24.3. The molecule has 0 bridgehead atoms. The van der Waals surface area contributed by atoms with Crippen LogP contribution in [-0.4, -0.2) is 44.3 Å². The molecule has 0 aliphatic rings. The topological polar surface area (TPSA) is 96.0 Å². The molecule has 0 aliphatic carbocycles. The molecule has 5 aromatic rings. The molecule has 50 heavy (non-hydrogen) atoms. The normalized spacial score (nSPS) is 11.7. The van der Waals surface area contributed by atoms with E-state index < -0.39 is 28.5 Å². The Hall–Kier alpha value is -5.12. The van der Waals surface area contributed by atoms with Crippen molar-refractivity contribution in [3.8, 4) is 11.5 Å². The summed E-state index contributed by atoms with van der Waals surface area (Å²) in [6.45, 7) is 1.89. The van der Waals surface area contributed by atoms with Gasteiger partial charge in [-0.1, -0.05) is 110 Å². The van der Waals surface area contributed by atoms with Gasteiger partial charge in [0.15, 0.2) is 0 Å². The third-order valence-corrected chi connectivity index (χ3v) is 10.3. The maximum Gasteiger partial charge on any atom is 0.264 e. The number of carbonyl (C=O) groups is 2. The Bertz CT molecular complexity index is 1940. The van der Waals surface area contributed by atoms with Gasteiger partial charge in [-0.25, -0.2) is 8.42 Å². The molecule has 1 atom stereocenters. The lowest BCUT2D eigenvalue weighted by molar-refractivity contribution is -0.140. The van der Waals surface area contributed by atoms with Crippen LogP contribution in [0.1, 0.15) is 30.9 Å². The maximum atomic E-state index is 14.7. The monoisotopic (exact) mass is 709 g/mol. The summed E-state index contributed by atoms with van der Waals surface area (Å²) < 4.78 is 35.6. The average Bonchev–Trinajstić information content (AvgIpc) is 3.14. The van der Waals surface area contributed by atoms with Gasteiger partial charge >= 0.3 is 0 Å². The minimum absolute atomic E-state index is 0.0136. The number of sulfonamides is 1. The van der Waals surface area contributed by atoms with Gasteiger partial charge in [-0.3, -0.25) is 13.9 Å². The van der Waals surface area contributed by atoms with E-state index in [0.29, 0.717) is 28.6 Å². The number of rotatable bonds is 16. The minimum Gasteiger partial charge on any atom is -0.457 e. The highest BCUT2D eigenvalue weighted by molar-refractivity contribution is 7.92. The summed E-state index contributed by atoms with van der Waals surface area (Å²) in [5, 5.41) is 3.42. The van der Waals surface area contributed by atoms with Gasteiger partial charge in [0.05, 0.1) is 10.6 Å². The summed E-state index contributed by atoms with van der Waals surface area (Å²) in [4.78, 5) is 30.1. The molecule has 0 saturated carbocycles. The lowest BCUT2D eigenvalue weighted by atomic mass is 10.0. The summed E-state index contributed by atoms with van der Waals surface area (Å²) in [7, 11) is -4.24. The van der Waals surface area contributed by atoms with E-state index >= 15 is 0 Å². The fourth-order valence-corrected chi connectivity index (χ4v) is 7.05. The highest BCUT2D eigenvalue weighted by atomic mass is 35.5. The van der Waals surface area contributed by atoms with E-state index in [4.69, 9.17) is 16.3 Å². The fraction of sp³-hybridized carbons (Fsp3) is 0.200. The molecular formula is C40H40ClN3O5S. The highest BCUT2D eigenvalue weighted by Gasteiger charge is 2.35. The van der Waals surface area contributed by atoms with Crippen molar-refractivity contribution < 1.29 is 22.7 Å². The van der Waals surface area contributed by atoms with Gasteiger partial charge in [0.2, 0.25) is 11.8 Å². The Balaban J connectivity index is 1.54. The number of anilines is 1. The average molecular weight is 710 g/mol. The van der Waals surface area contributed by atoms with E-state index in [1.165, 1.54) is 17.0 Å². The van der Waals surface area contributed by atoms with Crippen molar-refractivity contribution in [3.63, 3.8) is 0 Å². The number of benzene rings is 5. The summed E-state index contributed by atoms with van der Waals surface area (Å²) in [5.74, 6) is 0.222. The second kappa shape index (κ2) is 17.5. The molecule has 0 radical (unpaired) electrons. The first kappa shape index (κ1) is 36.2. The van der Waals surface area contributed by atoms with Crippen LogP contribution in [0.5, 0.6) is 11.5 Å². The molecule has 5 aromatic carbocycles. The van der Waals surface area contributed by atoms with E-state index in [2.05, 4.69) is 5.32 Å². The van der Waals surface area contributed by atoms with Crippen molar-refractivity contribution >= 4 is 39.1 Å². The molecule has 10 heteroatoms. The summed E-state index contributed by atoms with van der Waals surface area (Å²) in [5.41, 5.74) is 1.73. The summed E-state index contributed by atoms with van der Waals surface area (Å²) >= 11 is 6.59. The Labute approximate surface area is 299 Å². The Morgan fingerprint density at radius 2 is 1.34 bits per heavy atom. The van der Waals surface area contributed by atoms with Crippen LogP contribution < -0.4 is 14.4 Å². The zero-order valence-corrected chi connectivity index (χ0v) is 29.4. The van der Waals surface area contributed by atoms with E-state index in [1.54, 1.807) is 60.7 Å². The molecule has 0 saturated heterocycles. The zero-order valence-electron chi connectivity index (χ0n) is 27.8. The predicted molar refractivity (Wildman–Crippen MR) is 198 cm³/mol. The van der Waals surface area contributed by atoms with E-state index in [0.717, 1.165) is 22.7 Å². The van der Waals surface area contributed by atoms with E-state index in [1.807, 2.05) is 73.7 Å². The van der Waals surface area contributed by atoms with Crippen LogP contribution in [0.3, 0.4) is 0 Å². The predicted octanol–water partition coefficient (Wildman–Crippen LogP) is 7.88. The smallest absolute Gasteiger partial charge is 0.264 e. The lowest BCUT2D eigenvalue weighted by Gasteiger charge is -2.34. The van der Waals surface area contributed by atoms with E-state index in [-0.39, 0.29) is 29.5 Å². The molecule has 0 aromatic heterocycles. The molecule has 8 nitrogen and oxygen atoms in total. The standard InChI is InChI=1S/C40H40ClN3O5S/c1-2-3-27-42-40(46)38(28-31-15-7-4-8-16-31)43(29-32-17-13-14-22-37(32)41)39(45)30-44(50(47,48)36-20-11-6-12-21-36)33-23-25-35(26-24-33)49-34-18-9-5-10-19-34/h4-26,38H,2-3,27-30H2,1H3,(H,42,46)/t38-/m1/s1. The third kappa shape index (κ3) is 9.52. The number of hydrogen-bond acceptors (Lipinski definition) is 5. The molecule has 258 valence electrons. The molecule has 1 N–H and O–H groups in total. The molecule has 0 heterocycles. The highest BCUT2D eigenvalue weighted by Crippen LogP contribution is 2.29. The second-order valence-corrected chi connectivity index (χ2v) is 14.0. The number of ether oxygens (including phenoxy) is 1. The Kier molecular flexibility index (Phi) is 12.7. The first-order valence-electron chi connectivity index (χ1n) is 16.5. The van der Waals surface area contributed by atoms with Gasteiger partial charge in [0.25, 0.3) is 10.0 Å². The first-order valence-corrected chi connectivity index (χ1v) is 18.3. The molecule has 0 spiro atoms. The quantitative estimate of drug-likeness (QED) is 0.105. The summed E-state index contributed by atoms with van der Waals surface area (Å²) in [6.07, 6.45) is 1.87. The molecule has 0 fully saturated rings. The number of amides is 2. The van der Waals surface area contributed by atoms with Crippen LogP contribution in [-0.2, 0) is 32.6 Å². The van der Waals surface area contributed by atoms with Crippen molar-refractivity contribution in [2.45, 2.75) is 43.7 Å². The number of nitrogens with zero attached hydrogens (tertiary/aromatic N) is 2.